The van der Waals surface area contributed by atoms with E-state index in [2.05, 4.69) is 18.2 Å². The van der Waals surface area contributed by atoms with Crippen molar-refractivity contribution in [3.63, 3.8) is 0 Å². The van der Waals surface area contributed by atoms with Gasteiger partial charge in [-0.05, 0) is 24.3 Å². The van der Waals surface area contributed by atoms with Gasteiger partial charge in [-0.25, -0.2) is 0 Å². The Morgan fingerprint density at radius 1 is 1.64 bits per heavy atom. The lowest BCUT2D eigenvalue weighted by Gasteiger charge is -2.27. The minimum atomic E-state index is 0.162. The zero-order valence-electron chi connectivity index (χ0n) is 8.31. The van der Waals surface area contributed by atoms with Crippen molar-refractivity contribution in [3.8, 4) is 0 Å². The van der Waals surface area contributed by atoms with Crippen LogP contribution in [0.3, 0.4) is 0 Å². The molecule has 0 saturated carbocycles. The largest absolute Gasteiger partial charge is 0.392 e. The van der Waals surface area contributed by atoms with Crippen LogP contribution in [-0.4, -0.2) is 16.9 Å². The summed E-state index contributed by atoms with van der Waals surface area (Å²) in [6.45, 7) is 2.30. The molecule has 1 aromatic rings. The summed E-state index contributed by atoms with van der Waals surface area (Å²) in [4.78, 5) is 0. The molecule has 0 radical (unpaired) electrons. The van der Waals surface area contributed by atoms with E-state index >= 15 is 0 Å². The minimum Gasteiger partial charge on any atom is -0.392 e. The normalized spacial score (nSPS) is 27.4. The number of allylic oxidation sites excluding steroid dienone is 1. The van der Waals surface area contributed by atoms with E-state index in [1.54, 1.807) is 6.26 Å². The molecule has 1 aromatic heterocycles. The highest BCUT2D eigenvalue weighted by Gasteiger charge is 2.26. The van der Waals surface area contributed by atoms with Crippen LogP contribution in [0.25, 0.3) is 0 Å². The van der Waals surface area contributed by atoms with E-state index in [9.17, 15) is 0 Å². The predicted octanol–water partition coefficient (Wildman–Crippen LogP) is 2.11. The fourth-order valence-electron chi connectivity index (χ4n) is 2.17. The molecule has 76 valence electrons. The van der Waals surface area contributed by atoms with Crippen molar-refractivity contribution in [1.29, 1.82) is 0 Å². The summed E-state index contributed by atoms with van der Waals surface area (Å²) in [5.74, 6) is 0.778. The molecule has 3 nitrogen and oxygen atoms in total. The SMILES string of the molecule is CC1C(CO)=CCCC1c1ccon1. The minimum absolute atomic E-state index is 0.162. The highest BCUT2D eigenvalue weighted by atomic mass is 16.5. The number of hydrogen-bond acceptors (Lipinski definition) is 3. The summed E-state index contributed by atoms with van der Waals surface area (Å²) in [6, 6.07) is 1.92. The number of rotatable bonds is 2. The smallest absolute Gasteiger partial charge is 0.124 e. The van der Waals surface area contributed by atoms with Crippen molar-refractivity contribution in [1.82, 2.24) is 5.16 Å². The first-order valence-corrected chi connectivity index (χ1v) is 5.03. The van der Waals surface area contributed by atoms with E-state index in [0.29, 0.717) is 11.8 Å². The van der Waals surface area contributed by atoms with Crippen molar-refractivity contribution >= 4 is 0 Å². The zero-order valence-corrected chi connectivity index (χ0v) is 8.31. The van der Waals surface area contributed by atoms with Gasteiger partial charge in [0.25, 0.3) is 0 Å². The average molecular weight is 193 g/mol. The molecule has 0 spiro atoms. The Labute approximate surface area is 83.4 Å². The number of aromatic nitrogens is 1. The molecule has 1 heterocycles. The van der Waals surface area contributed by atoms with Crippen LogP contribution in [0.2, 0.25) is 0 Å². The fourth-order valence-corrected chi connectivity index (χ4v) is 2.17. The Bertz CT molecular complexity index is 316. The summed E-state index contributed by atoms with van der Waals surface area (Å²) >= 11 is 0. The number of aliphatic hydroxyl groups excluding tert-OH is 1. The monoisotopic (exact) mass is 193 g/mol. The number of aliphatic hydroxyl groups is 1. The molecule has 0 bridgehead atoms. The van der Waals surface area contributed by atoms with Gasteiger partial charge in [-0.3, -0.25) is 0 Å². The van der Waals surface area contributed by atoms with Crippen LogP contribution in [0.5, 0.6) is 0 Å². The van der Waals surface area contributed by atoms with Crippen molar-refractivity contribution in [2.45, 2.75) is 25.7 Å². The van der Waals surface area contributed by atoms with Gasteiger partial charge < -0.3 is 9.63 Å². The fraction of sp³-hybridized carbons (Fsp3) is 0.545. The summed E-state index contributed by atoms with van der Waals surface area (Å²) in [5, 5.41) is 13.1. The number of hydrogen-bond donors (Lipinski definition) is 1. The Hall–Kier alpha value is -1.09. The van der Waals surface area contributed by atoms with Crippen LogP contribution < -0.4 is 0 Å². The summed E-state index contributed by atoms with van der Waals surface area (Å²) < 4.78 is 4.85. The van der Waals surface area contributed by atoms with Gasteiger partial charge in [-0.1, -0.05) is 18.2 Å². The van der Waals surface area contributed by atoms with Crippen LogP contribution in [-0.2, 0) is 0 Å². The molecule has 1 N–H and O–H groups in total. The molecule has 14 heavy (non-hydrogen) atoms. The van der Waals surface area contributed by atoms with Gasteiger partial charge in [0, 0.05) is 12.0 Å². The lowest BCUT2D eigenvalue weighted by atomic mass is 9.78. The molecular formula is C11H15NO2. The van der Waals surface area contributed by atoms with E-state index in [1.165, 1.54) is 0 Å². The maximum absolute atomic E-state index is 9.16. The zero-order chi connectivity index (χ0) is 9.97. The van der Waals surface area contributed by atoms with E-state index in [-0.39, 0.29) is 6.61 Å². The van der Waals surface area contributed by atoms with Gasteiger partial charge in [0.15, 0.2) is 0 Å². The van der Waals surface area contributed by atoms with Gasteiger partial charge >= 0.3 is 0 Å². The van der Waals surface area contributed by atoms with Crippen LogP contribution in [0.4, 0.5) is 0 Å². The molecule has 0 fully saturated rings. The molecule has 0 aliphatic heterocycles. The van der Waals surface area contributed by atoms with Crippen molar-refractivity contribution in [2.24, 2.45) is 5.92 Å². The second kappa shape index (κ2) is 3.96. The van der Waals surface area contributed by atoms with Gasteiger partial charge in [-0.2, -0.15) is 0 Å². The quantitative estimate of drug-likeness (QED) is 0.732. The third-order valence-corrected chi connectivity index (χ3v) is 3.09. The van der Waals surface area contributed by atoms with Crippen LogP contribution in [0, 0.1) is 5.92 Å². The first-order valence-electron chi connectivity index (χ1n) is 5.03. The highest BCUT2D eigenvalue weighted by Crippen LogP contribution is 2.36. The second-order valence-electron chi connectivity index (χ2n) is 3.83. The van der Waals surface area contributed by atoms with Gasteiger partial charge in [0.2, 0.25) is 0 Å². The standard InChI is InChI=1S/C11H15NO2/c1-8-9(7-13)3-2-4-10(8)11-5-6-14-12-11/h3,5-6,8,10,13H,2,4,7H2,1H3. The average Bonchev–Trinajstić information content (AvgIpc) is 2.71. The van der Waals surface area contributed by atoms with Crippen molar-refractivity contribution < 1.29 is 9.63 Å². The summed E-state index contributed by atoms with van der Waals surface area (Å²) in [7, 11) is 0. The Morgan fingerprint density at radius 3 is 3.14 bits per heavy atom. The van der Waals surface area contributed by atoms with E-state index in [0.717, 1.165) is 24.1 Å². The summed E-state index contributed by atoms with van der Waals surface area (Å²) in [5.41, 5.74) is 2.14. The maximum Gasteiger partial charge on any atom is 0.124 e. The lowest BCUT2D eigenvalue weighted by molar-refractivity contribution is 0.295. The van der Waals surface area contributed by atoms with Crippen LogP contribution >= 0.6 is 0 Å². The second-order valence-corrected chi connectivity index (χ2v) is 3.83. The van der Waals surface area contributed by atoms with E-state index in [4.69, 9.17) is 9.63 Å². The Kier molecular flexibility index (Phi) is 2.68. The number of nitrogens with zero attached hydrogens (tertiary/aromatic N) is 1. The van der Waals surface area contributed by atoms with Crippen molar-refractivity contribution in [2.75, 3.05) is 6.61 Å². The molecule has 0 aromatic carbocycles. The molecule has 2 atom stereocenters. The van der Waals surface area contributed by atoms with Gasteiger partial charge in [0.1, 0.15) is 6.26 Å². The van der Waals surface area contributed by atoms with Crippen LogP contribution in [0.15, 0.2) is 28.5 Å². The molecule has 2 rings (SSSR count). The van der Waals surface area contributed by atoms with Crippen molar-refractivity contribution in [3.05, 3.63) is 29.7 Å². The first kappa shape index (κ1) is 9.46. The third-order valence-electron chi connectivity index (χ3n) is 3.09. The molecule has 3 heteroatoms. The van der Waals surface area contributed by atoms with Gasteiger partial charge in [-0.15, -0.1) is 0 Å². The van der Waals surface area contributed by atoms with E-state index < -0.39 is 0 Å². The summed E-state index contributed by atoms with van der Waals surface area (Å²) in [6.07, 6.45) is 5.87. The topological polar surface area (TPSA) is 46.3 Å². The first-order chi connectivity index (χ1) is 6.83. The molecule has 1 aliphatic carbocycles. The maximum atomic E-state index is 9.16. The molecule has 0 saturated heterocycles. The highest BCUT2D eigenvalue weighted by molar-refractivity contribution is 5.19. The van der Waals surface area contributed by atoms with E-state index in [1.807, 2.05) is 6.07 Å². The lowest BCUT2D eigenvalue weighted by Crippen LogP contribution is -2.18. The molecular weight excluding hydrogens is 178 g/mol. The predicted molar refractivity (Wildman–Crippen MR) is 52.8 cm³/mol. The van der Waals surface area contributed by atoms with Gasteiger partial charge in [0.05, 0.1) is 12.3 Å². The molecule has 1 aliphatic rings. The third kappa shape index (κ3) is 1.60. The molecule has 2 unspecified atom stereocenters. The Morgan fingerprint density at radius 2 is 2.50 bits per heavy atom. The molecule has 0 amide bonds. The Balaban J connectivity index is 2.19. The van der Waals surface area contributed by atoms with Crippen LogP contribution in [0.1, 0.15) is 31.4 Å².